The summed E-state index contributed by atoms with van der Waals surface area (Å²) in [6, 6.07) is 0. The molecule has 3 nitrogen and oxygen atoms in total. The number of carbonyl (C=O) groups is 1. The normalized spacial score (nSPS) is 27.2. The Hall–Kier alpha value is -0.640. The van der Waals surface area contributed by atoms with Crippen molar-refractivity contribution in [2.75, 3.05) is 13.1 Å². The summed E-state index contributed by atoms with van der Waals surface area (Å²) in [7, 11) is 0. The summed E-state index contributed by atoms with van der Waals surface area (Å²) in [5, 5.41) is 0. The van der Waals surface area contributed by atoms with Gasteiger partial charge in [-0.3, -0.25) is 4.79 Å². The summed E-state index contributed by atoms with van der Waals surface area (Å²) in [6.07, 6.45) is 5.45. The molecular formula is C11H18N2OS. The van der Waals surface area contributed by atoms with Crippen LogP contribution in [0.1, 0.15) is 32.1 Å². The average molecular weight is 226 g/mol. The number of piperidine rings is 1. The number of nitrogens with two attached hydrogens (primary N) is 1. The van der Waals surface area contributed by atoms with Crippen LogP contribution in [0.25, 0.3) is 0 Å². The molecule has 1 atom stereocenters. The molecule has 1 heterocycles. The summed E-state index contributed by atoms with van der Waals surface area (Å²) in [5.74, 6) is 0.884. The zero-order valence-electron chi connectivity index (χ0n) is 8.95. The van der Waals surface area contributed by atoms with Crippen LogP contribution in [-0.2, 0) is 4.79 Å². The van der Waals surface area contributed by atoms with Gasteiger partial charge in [-0.25, -0.2) is 0 Å². The number of rotatable bonds is 2. The minimum Gasteiger partial charge on any atom is -0.393 e. The van der Waals surface area contributed by atoms with E-state index in [4.69, 9.17) is 18.0 Å². The lowest BCUT2D eigenvalue weighted by Crippen LogP contribution is -2.47. The van der Waals surface area contributed by atoms with Gasteiger partial charge in [0, 0.05) is 24.9 Å². The van der Waals surface area contributed by atoms with Gasteiger partial charge < -0.3 is 10.6 Å². The predicted octanol–water partition coefficient (Wildman–Crippen LogP) is 1.31. The van der Waals surface area contributed by atoms with E-state index in [0.717, 1.165) is 38.8 Å². The molecule has 1 aliphatic heterocycles. The van der Waals surface area contributed by atoms with Crippen LogP contribution in [0.5, 0.6) is 0 Å². The number of carbonyl (C=O) groups excluding carboxylic acids is 1. The number of hydrogen-bond acceptors (Lipinski definition) is 2. The Balaban J connectivity index is 1.91. The van der Waals surface area contributed by atoms with E-state index in [9.17, 15) is 4.79 Å². The van der Waals surface area contributed by atoms with Crippen molar-refractivity contribution >= 4 is 23.1 Å². The molecule has 1 amide bonds. The van der Waals surface area contributed by atoms with Gasteiger partial charge in [0.1, 0.15) is 0 Å². The van der Waals surface area contributed by atoms with Gasteiger partial charge in [0.25, 0.3) is 0 Å². The van der Waals surface area contributed by atoms with Gasteiger partial charge in [0.05, 0.1) is 4.99 Å². The Morgan fingerprint density at radius 2 is 1.87 bits per heavy atom. The fraction of sp³-hybridized carbons (Fsp3) is 0.818. The highest BCUT2D eigenvalue weighted by Gasteiger charge is 2.32. The van der Waals surface area contributed by atoms with E-state index in [-0.39, 0.29) is 5.92 Å². The fourth-order valence-electron chi connectivity index (χ4n) is 2.32. The van der Waals surface area contributed by atoms with E-state index < -0.39 is 0 Å². The van der Waals surface area contributed by atoms with Gasteiger partial charge in [-0.05, 0) is 25.7 Å². The average Bonchev–Trinajstić information content (AvgIpc) is 2.15. The standard InChI is InChI=1S/C11H18N2OS/c12-10(15)9-5-2-6-13(7-9)11(14)8-3-1-4-8/h8-9H,1-7H2,(H2,12,15). The minimum atomic E-state index is 0.248. The molecule has 2 aliphatic rings. The Morgan fingerprint density at radius 3 is 2.40 bits per heavy atom. The van der Waals surface area contributed by atoms with Gasteiger partial charge in [0.2, 0.25) is 5.91 Å². The van der Waals surface area contributed by atoms with Crippen molar-refractivity contribution in [1.82, 2.24) is 4.90 Å². The minimum absolute atomic E-state index is 0.248. The quantitative estimate of drug-likeness (QED) is 0.722. The molecule has 4 heteroatoms. The lowest BCUT2D eigenvalue weighted by atomic mass is 9.83. The molecule has 1 aliphatic carbocycles. The number of amides is 1. The Morgan fingerprint density at radius 1 is 1.20 bits per heavy atom. The van der Waals surface area contributed by atoms with Crippen LogP contribution in [0.2, 0.25) is 0 Å². The Bertz CT molecular complexity index is 276. The van der Waals surface area contributed by atoms with Gasteiger partial charge in [-0.15, -0.1) is 0 Å². The van der Waals surface area contributed by atoms with Crippen molar-refractivity contribution in [2.45, 2.75) is 32.1 Å². The maximum Gasteiger partial charge on any atom is 0.225 e. The smallest absolute Gasteiger partial charge is 0.225 e. The van der Waals surface area contributed by atoms with E-state index in [0.29, 0.717) is 16.8 Å². The largest absolute Gasteiger partial charge is 0.393 e. The lowest BCUT2D eigenvalue weighted by molar-refractivity contribution is -0.139. The molecular weight excluding hydrogens is 208 g/mol. The van der Waals surface area contributed by atoms with Crippen LogP contribution >= 0.6 is 12.2 Å². The number of nitrogens with zero attached hydrogens (tertiary/aromatic N) is 1. The molecule has 84 valence electrons. The SMILES string of the molecule is NC(=S)C1CCCN(C(=O)C2CCC2)C1. The third-order valence-electron chi connectivity index (χ3n) is 3.59. The van der Waals surface area contributed by atoms with E-state index >= 15 is 0 Å². The second-order valence-electron chi connectivity index (χ2n) is 4.65. The third kappa shape index (κ3) is 2.30. The first-order chi connectivity index (χ1) is 7.18. The molecule has 1 saturated heterocycles. The number of hydrogen-bond donors (Lipinski definition) is 1. The van der Waals surface area contributed by atoms with Crippen molar-refractivity contribution < 1.29 is 4.79 Å². The van der Waals surface area contributed by atoms with Gasteiger partial charge >= 0.3 is 0 Å². The predicted molar refractivity (Wildman–Crippen MR) is 63.4 cm³/mol. The molecule has 15 heavy (non-hydrogen) atoms. The summed E-state index contributed by atoms with van der Waals surface area (Å²) in [6.45, 7) is 1.65. The molecule has 1 unspecified atom stereocenters. The first-order valence-corrected chi connectivity index (χ1v) is 6.17. The fourth-order valence-corrected chi connectivity index (χ4v) is 2.52. The lowest BCUT2D eigenvalue weighted by Gasteiger charge is -2.36. The first-order valence-electron chi connectivity index (χ1n) is 5.76. The highest BCUT2D eigenvalue weighted by Crippen LogP contribution is 2.30. The Kier molecular flexibility index (Phi) is 3.24. The number of thiocarbonyl (C=S) groups is 1. The second kappa shape index (κ2) is 4.47. The molecule has 1 saturated carbocycles. The highest BCUT2D eigenvalue weighted by molar-refractivity contribution is 7.80. The molecule has 2 N–H and O–H groups in total. The van der Waals surface area contributed by atoms with Crippen LogP contribution in [-0.4, -0.2) is 28.9 Å². The van der Waals surface area contributed by atoms with Crippen molar-refractivity contribution in [1.29, 1.82) is 0 Å². The van der Waals surface area contributed by atoms with Crippen LogP contribution in [0.3, 0.4) is 0 Å². The summed E-state index contributed by atoms with van der Waals surface area (Å²) < 4.78 is 0. The van der Waals surface area contributed by atoms with Crippen molar-refractivity contribution in [3.63, 3.8) is 0 Å². The number of likely N-dealkylation sites (tertiary alicyclic amines) is 1. The summed E-state index contributed by atoms with van der Waals surface area (Å²) >= 11 is 5.00. The van der Waals surface area contributed by atoms with Crippen molar-refractivity contribution in [2.24, 2.45) is 17.6 Å². The molecule has 0 aromatic carbocycles. The molecule has 0 aromatic rings. The Labute approximate surface area is 96.0 Å². The van der Waals surface area contributed by atoms with E-state index in [2.05, 4.69) is 0 Å². The molecule has 0 radical (unpaired) electrons. The third-order valence-corrected chi connectivity index (χ3v) is 3.92. The van der Waals surface area contributed by atoms with Gasteiger partial charge in [-0.1, -0.05) is 18.6 Å². The van der Waals surface area contributed by atoms with Crippen LogP contribution < -0.4 is 5.73 Å². The van der Waals surface area contributed by atoms with Gasteiger partial charge in [-0.2, -0.15) is 0 Å². The van der Waals surface area contributed by atoms with Crippen LogP contribution in [0.15, 0.2) is 0 Å². The second-order valence-corrected chi connectivity index (χ2v) is 5.13. The molecule has 2 fully saturated rings. The zero-order valence-corrected chi connectivity index (χ0v) is 9.76. The van der Waals surface area contributed by atoms with Gasteiger partial charge in [0.15, 0.2) is 0 Å². The first kappa shape index (κ1) is 10.9. The van der Waals surface area contributed by atoms with E-state index in [1.807, 2.05) is 4.90 Å². The van der Waals surface area contributed by atoms with Crippen LogP contribution in [0.4, 0.5) is 0 Å². The molecule has 2 rings (SSSR count). The van der Waals surface area contributed by atoms with Crippen LogP contribution in [0, 0.1) is 11.8 Å². The summed E-state index contributed by atoms with van der Waals surface area (Å²) in [5.41, 5.74) is 5.65. The molecule has 0 bridgehead atoms. The monoisotopic (exact) mass is 226 g/mol. The highest BCUT2D eigenvalue weighted by atomic mass is 32.1. The summed E-state index contributed by atoms with van der Waals surface area (Å²) in [4.78, 5) is 14.5. The zero-order chi connectivity index (χ0) is 10.8. The van der Waals surface area contributed by atoms with E-state index in [1.165, 1.54) is 6.42 Å². The topological polar surface area (TPSA) is 46.3 Å². The van der Waals surface area contributed by atoms with Crippen molar-refractivity contribution in [3.8, 4) is 0 Å². The van der Waals surface area contributed by atoms with Crippen molar-refractivity contribution in [3.05, 3.63) is 0 Å². The maximum atomic E-state index is 12.0. The maximum absolute atomic E-state index is 12.0. The molecule has 0 spiro atoms. The molecule has 0 aromatic heterocycles. The van der Waals surface area contributed by atoms with E-state index in [1.54, 1.807) is 0 Å².